The van der Waals surface area contributed by atoms with E-state index in [1.165, 1.54) is 18.2 Å². The summed E-state index contributed by atoms with van der Waals surface area (Å²) in [5.74, 6) is -0.308. The molecule has 0 fully saturated rings. The number of nitrogens with one attached hydrogen (secondary N) is 3. The van der Waals surface area contributed by atoms with Crippen LogP contribution < -0.4 is 10.8 Å². The molecule has 7 heteroatoms. The van der Waals surface area contributed by atoms with Crippen molar-refractivity contribution in [2.45, 2.75) is 25.3 Å². The summed E-state index contributed by atoms with van der Waals surface area (Å²) in [6.07, 6.45) is 3.11. The first-order valence-corrected chi connectivity index (χ1v) is 10.9. The van der Waals surface area contributed by atoms with Crippen molar-refractivity contribution in [2.24, 2.45) is 0 Å². The summed E-state index contributed by atoms with van der Waals surface area (Å²) in [5.41, 5.74) is 9.59. The van der Waals surface area contributed by atoms with Crippen LogP contribution in [-0.4, -0.2) is 23.2 Å². The number of nitrogens with zero attached hydrogens (tertiary/aromatic N) is 2. The summed E-state index contributed by atoms with van der Waals surface area (Å²) in [7, 11) is 1.41. The highest BCUT2D eigenvalue weighted by Crippen LogP contribution is 2.35. The number of H-pyrrole nitrogens is 1. The molecular weight excluding hydrogens is 414 g/mol. The molecule has 0 spiro atoms. The number of fused-ring (bicyclic) bond motifs is 2. The molecule has 164 valence electrons. The van der Waals surface area contributed by atoms with Crippen molar-refractivity contribution >= 4 is 22.5 Å². The van der Waals surface area contributed by atoms with Gasteiger partial charge in [0.1, 0.15) is 0 Å². The Hall–Kier alpha value is -4.15. The second-order valence-corrected chi connectivity index (χ2v) is 8.16. The van der Waals surface area contributed by atoms with Gasteiger partial charge in [-0.25, -0.2) is 5.48 Å². The standard InChI is InChI=1S/C26H23N5O2/c1-33-31-26(32)19-6-2-5-18(13-19)25-22-14-20(9-11-24(22)29-30-25)28-23-7-3-4-17-12-16(15-27)8-10-21(17)23/h2,5-6,8-14,23,28H,3-4,7H2,1H3,(H,29,30)(H,31,32)/t23-/m0/s1. The van der Waals surface area contributed by atoms with Crippen molar-refractivity contribution in [3.63, 3.8) is 0 Å². The first-order chi connectivity index (χ1) is 16.2. The van der Waals surface area contributed by atoms with Gasteiger partial charge in [-0.1, -0.05) is 18.2 Å². The van der Waals surface area contributed by atoms with Gasteiger partial charge in [0, 0.05) is 22.2 Å². The molecule has 1 aliphatic rings. The highest BCUT2D eigenvalue weighted by molar-refractivity contribution is 5.98. The molecule has 0 saturated carbocycles. The third-order valence-electron chi connectivity index (χ3n) is 6.08. The zero-order valence-electron chi connectivity index (χ0n) is 18.2. The second-order valence-electron chi connectivity index (χ2n) is 8.16. The Bertz CT molecular complexity index is 1390. The summed E-state index contributed by atoms with van der Waals surface area (Å²) in [6.45, 7) is 0. The van der Waals surface area contributed by atoms with Crippen molar-refractivity contribution < 1.29 is 9.63 Å². The zero-order chi connectivity index (χ0) is 22.8. The van der Waals surface area contributed by atoms with Gasteiger partial charge in [0.2, 0.25) is 0 Å². The molecule has 0 radical (unpaired) electrons. The zero-order valence-corrected chi connectivity index (χ0v) is 18.2. The van der Waals surface area contributed by atoms with Gasteiger partial charge >= 0.3 is 0 Å². The molecule has 3 N–H and O–H groups in total. The van der Waals surface area contributed by atoms with E-state index in [0.717, 1.165) is 47.1 Å². The topological polar surface area (TPSA) is 103 Å². The summed E-state index contributed by atoms with van der Waals surface area (Å²) >= 11 is 0. The maximum atomic E-state index is 12.2. The van der Waals surface area contributed by atoms with E-state index in [1.54, 1.807) is 12.1 Å². The van der Waals surface area contributed by atoms with E-state index in [0.29, 0.717) is 11.1 Å². The molecule has 3 aromatic carbocycles. The molecule has 1 amide bonds. The average molecular weight is 438 g/mol. The van der Waals surface area contributed by atoms with Gasteiger partial charge in [0.15, 0.2) is 0 Å². The maximum Gasteiger partial charge on any atom is 0.274 e. The normalized spacial score (nSPS) is 15.0. The fourth-order valence-electron chi connectivity index (χ4n) is 4.52. The molecule has 7 nitrogen and oxygen atoms in total. The number of hydroxylamine groups is 1. The smallest absolute Gasteiger partial charge is 0.274 e. The Morgan fingerprint density at radius 1 is 1.18 bits per heavy atom. The Morgan fingerprint density at radius 3 is 2.94 bits per heavy atom. The Morgan fingerprint density at radius 2 is 2.09 bits per heavy atom. The van der Waals surface area contributed by atoms with Gasteiger partial charge in [0.25, 0.3) is 5.91 Å². The lowest BCUT2D eigenvalue weighted by Crippen LogP contribution is -2.21. The highest BCUT2D eigenvalue weighted by atomic mass is 16.6. The van der Waals surface area contributed by atoms with Crippen LogP contribution in [0.5, 0.6) is 0 Å². The number of carbonyl (C=O) groups excluding carboxylic acids is 1. The molecule has 0 bridgehead atoms. The SMILES string of the molecule is CONC(=O)c1cccc(-c2n[nH]c3ccc(N[C@H]4CCCc5cc(C#N)ccc54)cc23)c1. The van der Waals surface area contributed by atoms with Crippen LogP contribution in [0.2, 0.25) is 0 Å². The minimum absolute atomic E-state index is 0.190. The number of aryl methyl sites for hydroxylation is 1. The lowest BCUT2D eigenvalue weighted by atomic mass is 9.86. The molecule has 1 aromatic heterocycles. The number of amides is 1. The third-order valence-corrected chi connectivity index (χ3v) is 6.08. The highest BCUT2D eigenvalue weighted by Gasteiger charge is 2.21. The number of hydrogen-bond donors (Lipinski definition) is 3. The van der Waals surface area contributed by atoms with Crippen LogP contribution in [0.4, 0.5) is 5.69 Å². The van der Waals surface area contributed by atoms with E-state index < -0.39 is 0 Å². The van der Waals surface area contributed by atoms with Crippen molar-refractivity contribution in [3.8, 4) is 17.3 Å². The van der Waals surface area contributed by atoms with E-state index in [1.807, 2.05) is 36.4 Å². The molecule has 5 rings (SSSR count). The number of rotatable bonds is 5. The molecule has 0 aliphatic heterocycles. The van der Waals surface area contributed by atoms with Crippen molar-refractivity contribution in [3.05, 3.63) is 82.9 Å². The average Bonchev–Trinajstić information content (AvgIpc) is 3.27. The van der Waals surface area contributed by atoms with Gasteiger partial charge in [-0.3, -0.25) is 14.7 Å². The van der Waals surface area contributed by atoms with Gasteiger partial charge in [-0.05, 0) is 72.9 Å². The lowest BCUT2D eigenvalue weighted by Gasteiger charge is -2.27. The van der Waals surface area contributed by atoms with E-state index in [4.69, 9.17) is 4.84 Å². The van der Waals surface area contributed by atoms with Gasteiger partial charge in [-0.15, -0.1) is 0 Å². The van der Waals surface area contributed by atoms with Crippen LogP contribution in [-0.2, 0) is 11.3 Å². The fourth-order valence-corrected chi connectivity index (χ4v) is 4.52. The molecule has 1 heterocycles. The number of aromatic amines is 1. The molecule has 1 aliphatic carbocycles. The second kappa shape index (κ2) is 8.77. The Labute approximate surface area is 191 Å². The molecule has 33 heavy (non-hydrogen) atoms. The minimum atomic E-state index is -0.308. The van der Waals surface area contributed by atoms with Crippen molar-refractivity contribution in [1.82, 2.24) is 15.7 Å². The van der Waals surface area contributed by atoms with Crippen LogP contribution in [0.3, 0.4) is 0 Å². The largest absolute Gasteiger partial charge is 0.378 e. The molecule has 0 saturated heterocycles. The quantitative estimate of drug-likeness (QED) is 0.386. The van der Waals surface area contributed by atoms with Crippen LogP contribution in [0.15, 0.2) is 60.7 Å². The predicted octanol–water partition coefficient (Wildman–Crippen LogP) is 4.88. The van der Waals surface area contributed by atoms with Crippen molar-refractivity contribution in [2.75, 3.05) is 12.4 Å². The number of nitriles is 1. The van der Waals surface area contributed by atoms with E-state index in [-0.39, 0.29) is 11.9 Å². The number of benzene rings is 3. The van der Waals surface area contributed by atoms with E-state index in [9.17, 15) is 10.1 Å². The first-order valence-electron chi connectivity index (χ1n) is 10.9. The van der Waals surface area contributed by atoms with Crippen molar-refractivity contribution in [1.29, 1.82) is 5.26 Å². The van der Waals surface area contributed by atoms with Gasteiger partial charge < -0.3 is 5.32 Å². The lowest BCUT2D eigenvalue weighted by molar-refractivity contribution is 0.0537. The first kappa shape index (κ1) is 20.7. The Kier molecular flexibility index (Phi) is 5.51. The van der Waals surface area contributed by atoms with Gasteiger partial charge in [-0.2, -0.15) is 10.4 Å². The van der Waals surface area contributed by atoms with Gasteiger partial charge in [0.05, 0.1) is 36.0 Å². The third kappa shape index (κ3) is 4.04. The summed E-state index contributed by atoms with van der Waals surface area (Å²) in [4.78, 5) is 16.9. The van der Waals surface area contributed by atoms with Crippen LogP contribution in [0, 0.1) is 11.3 Å². The number of carbonyl (C=O) groups is 1. The summed E-state index contributed by atoms with van der Waals surface area (Å²) < 4.78 is 0. The predicted molar refractivity (Wildman–Crippen MR) is 126 cm³/mol. The number of anilines is 1. The monoisotopic (exact) mass is 437 g/mol. The van der Waals surface area contributed by atoms with E-state index in [2.05, 4.69) is 39.2 Å². The van der Waals surface area contributed by atoms with E-state index >= 15 is 0 Å². The minimum Gasteiger partial charge on any atom is -0.378 e. The fraction of sp³-hybridized carbons (Fsp3) is 0.192. The molecule has 4 aromatic rings. The molecule has 0 unspecified atom stereocenters. The Balaban J connectivity index is 1.46. The maximum absolute atomic E-state index is 12.2. The summed E-state index contributed by atoms with van der Waals surface area (Å²) in [5, 5.41) is 21.5. The van der Waals surface area contributed by atoms with Crippen LogP contribution in [0.25, 0.3) is 22.2 Å². The summed E-state index contributed by atoms with van der Waals surface area (Å²) in [6, 6.07) is 21.8. The van der Waals surface area contributed by atoms with Crippen LogP contribution >= 0.6 is 0 Å². The molecule has 1 atom stereocenters. The van der Waals surface area contributed by atoms with Crippen LogP contribution in [0.1, 0.15) is 45.9 Å². The molecular formula is C26H23N5O2. The number of aromatic nitrogens is 2. The number of hydrogen-bond acceptors (Lipinski definition) is 5.